The molecule has 1 aromatic carbocycles. The molecule has 0 bridgehead atoms. The number of carbonyl (C=O) groups excluding carboxylic acids is 3. The first kappa shape index (κ1) is 18.4. The molecule has 25 heavy (non-hydrogen) atoms. The predicted molar refractivity (Wildman–Crippen MR) is 89.0 cm³/mol. The molecule has 0 fully saturated rings. The van der Waals surface area contributed by atoms with Crippen molar-refractivity contribution in [1.29, 1.82) is 0 Å². The second kappa shape index (κ2) is 7.76. The van der Waals surface area contributed by atoms with Crippen LogP contribution in [0.25, 0.3) is 6.08 Å². The average molecular weight is 364 g/mol. The molecule has 1 aliphatic rings. The van der Waals surface area contributed by atoms with E-state index in [4.69, 9.17) is 16.3 Å². The van der Waals surface area contributed by atoms with E-state index in [0.717, 1.165) is 17.9 Å². The SMILES string of the molecule is CC(=O)Oc1ccc(C=CC(=O)N2CCC=C(Cl)C2=O)cc1C(=O)O. The van der Waals surface area contributed by atoms with Gasteiger partial charge in [0.1, 0.15) is 16.3 Å². The van der Waals surface area contributed by atoms with E-state index >= 15 is 0 Å². The van der Waals surface area contributed by atoms with E-state index in [-0.39, 0.29) is 22.9 Å². The Kier molecular flexibility index (Phi) is 5.71. The molecule has 1 heterocycles. The van der Waals surface area contributed by atoms with E-state index in [9.17, 15) is 24.3 Å². The number of hydrogen-bond donors (Lipinski definition) is 1. The minimum absolute atomic E-state index is 0.00750. The summed E-state index contributed by atoms with van der Waals surface area (Å²) in [5.74, 6) is -3.14. The highest BCUT2D eigenvalue weighted by Gasteiger charge is 2.24. The number of carbonyl (C=O) groups is 4. The van der Waals surface area contributed by atoms with Crippen LogP contribution in [0.2, 0.25) is 0 Å². The number of carboxylic acid groups (broad SMARTS) is 1. The third kappa shape index (κ3) is 4.54. The molecule has 8 heteroatoms. The van der Waals surface area contributed by atoms with Crippen LogP contribution in [0.1, 0.15) is 29.3 Å². The van der Waals surface area contributed by atoms with Crippen molar-refractivity contribution in [3.63, 3.8) is 0 Å². The zero-order valence-corrected chi connectivity index (χ0v) is 13.9. The van der Waals surface area contributed by atoms with Gasteiger partial charge in [0.05, 0.1) is 0 Å². The largest absolute Gasteiger partial charge is 0.478 e. The lowest BCUT2D eigenvalue weighted by atomic mass is 10.1. The van der Waals surface area contributed by atoms with Gasteiger partial charge in [0, 0.05) is 19.5 Å². The smallest absolute Gasteiger partial charge is 0.339 e. The topological polar surface area (TPSA) is 101 Å². The van der Waals surface area contributed by atoms with Gasteiger partial charge in [0.25, 0.3) is 11.8 Å². The van der Waals surface area contributed by atoms with E-state index in [1.807, 2.05) is 0 Å². The second-order valence-electron chi connectivity index (χ2n) is 5.12. The van der Waals surface area contributed by atoms with Gasteiger partial charge in [-0.25, -0.2) is 4.79 Å². The number of carboxylic acids is 1. The lowest BCUT2D eigenvalue weighted by Crippen LogP contribution is -2.38. The van der Waals surface area contributed by atoms with E-state index < -0.39 is 23.8 Å². The lowest BCUT2D eigenvalue weighted by molar-refractivity contribution is -0.139. The van der Waals surface area contributed by atoms with Crippen molar-refractivity contribution >= 4 is 41.4 Å². The summed E-state index contributed by atoms with van der Waals surface area (Å²) < 4.78 is 4.82. The van der Waals surface area contributed by atoms with Crippen LogP contribution < -0.4 is 4.74 Å². The Morgan fingerprint density at radius 3 is 2.68 bits per heavy atom. The van der Waals surface area contributed by atoms with Crippen molar-refractivity contribution in [3.8, 4) is 5.75 Å². The summed E-state index contributed by atoms with van der Waals surface area (Å²) in [6.45, 7) is 1.39. The molecule has 1 aromatic rings. The van der Waals surface area contributed by atoms with Gasteiger partial charge < -0.3 is 9.84 Å². The Labute approximate surface area is 148 Å². The number of hydrogen-bond acceptors (Lipinski definition) is 5. The number of halogens is 1. The molecule has 0 spiro atoms. The van der Waals surface area contributed by atoms with Gasteiger partial charge in [0.15, 0.2) is 0 Å². The number of imide groups is 1. The minimum Gasteiger partial charge on any atom is -0.478 e. The molecule has 0 unspecified atom stereocenters. The van der Waals surface area contributed by atoms with E-state index in [1.54, 1.807) is 6.08 Å². The van der Waals surface area contributed by atoms with Crippen LogP contribution in [0.15, 0.2) is 35.4 Å². The van der Waals surface area contributed by atoms with Crippen molar-refractivity contribution in [3.05, 3.63) is 46.5 Å². The Morgan fingerprint density at radius 1 is 1.32 bits per heavy atom. The van der Waals surface area contributed by atoms with Crippen LogP contribution in [0.5, 0.6) is 5.75 Å². The number of amides is 2. The third-order valence-corrected chi connectivity index (χ3v) is 3.61. The zero-order chi connectivity index (χ0) is 18.6. The van der Waals surface area contributed by atoms with E-state index in [1.165, 1.54) is 24.3 Å². The highest BCUT2D eigenvalue weighted by Crippen LogP contribution is 2.22. The molecule has 2 rings (SSSR count). The molecule has 0 radical (unpaired) electrons. The highest BCUT2D eigenvalue weighted by atomic mass is 35.5. The first-order chi connectivity index (χ1) is 11.8. The molecule has 1 N–H and O–H groups in total. The van der Waals surface area contributed by atoms with Crippen molar-refractivity contribution in [2.75, 3.05) is 6.54 Å². The Bertz CT molecular complexity index is 811. The molecule has 0 saturated heterocycles. The summed E-state index contributed by atoms with van der Waals surface area (Å²) in [5.41, 5.74) is 0.178. The van der Waals surface area contributed by atoms with Gasteiger partial charge in [-0.1, -0.05) is 23.7 Å². The summed E-state index contributed by atoms with van der Waals surface area (Å²) >= 11 is 5.72. The fourth-order valence-corrected chi connectivity index (χ4v) is 2.38. The molecule has 1 aliphatic heterocycles. The number of esters is 1. The highest BCUT2D eigenvalue weighted by molar-refractivity contribution is 6.43. The van der Waals surface area contributed by atoms with E-state index in [0.29, 0.717) is 12.0 Å². The molecule has 0 aliphatic carbocycles. The summed E-state index contributed by atoms with van der Waals surface area (Å²) in [6, 6.07) is 4.06. The molecule has 2 amide bonds. The number of rotatable bonds is 4. The quantitative estimate of drug-likeness (QED) is 0.500. The monoisotopic (exact) mass is 363 g/mol. The number of nitrogens with zero attached hydrogens (tertiary/aromatic N) is 1. The third-order valence-electron chi connectivity index (χ3n) is 3.30. The maximum Gasteiger partial charge on any atom is 0.339 e. The second-order valence-corrected chi connectivity index (χ2v) is 5.53. The molecular weight excluding hydrogens is 350 g/mol. The average Bonchev–Trinajstić information content (AvgIpc) is 2.55. The first-order valence-electron chi connectivity index (χ1n) is 7.25. The van der Waals surface area contributed by atoms with Gasteiger partial charge in [-0.2, -0.15) is 0 Å². The van der Waals surface area contributed by atoms with E-state index in [2.05, 4.69) is 0 Å². The van der Waals surface area contributed by atoms with Gasteiger partial charge in [0.2, 0.25) is 0 Å². The number of aromatic carboxylic acids is 1. The maximum atomic E-state index is 12.1. The van der Waals surface area contributed by atoms with Crippen molar-refractivity contribution < 1.29 is 29.0 Å². The van der Waals surface area contributed by atoms with Crippen molar-refractivity contribution in [2.45, 2.75) is 13.3 Å². The van der Waals surface area contributed by atoms with Crippen molar-refractivity contribution in [1.82, 2.24) is 4.90 Å². The summed E-state index contributed by atoms with van der Waals surface area (Å²) in [7, 11) is 0. The summed E-state index contributed by atoms with van der Waals surface area (Å²) in [4.78, 5) is 47.2. The van der Waals surface area contributed by atoms with Crippen LogP contribution in [-0.4, -0.2) is 40.3 Å². The number of ether oxygens (including phenoxy) is 1. The first-order valence-corrected chi connectivity index (χ1v) is 7.62. The predicted octanol–water partition coefficient (Wildman–Crippen LogP) is 2.20. The van der Waals surface area contributed by atoms with Gasteiger partial charge in [-0.15, -0.1) is 0 Å². The fourth-order valence-electron chi connectivity index (χ4n) is 2.17. The van der Waals surface area contributed by atoms with Crippen LogP contribution in [0, 0.1) is 0 Å². The molecular formula is C17H14ClNO6. The van der Waals surface area contributed by atoms with Crippen LogP contribution in [0.4, 0.5) is 0 Å². The molecule has 7 nitrogen and oxygen atoms in total. The molecule has 0 aromatic heterocycles. The lowest BCUT2D eigenvalue weighted by Gasteiger charge is -2.21. The summed E-state index contributed by atoms with van der Waals surface area (Å²) in [5, 5.41) is 9.18. The maximum absolute atomic E-state index is 12.1. The fraction of sp³-hybridized carbons (Fsp3) is 0.176. The van der Waals surface area contributed by atoms with Gasteiger partial charge in [-0.3, -0.25) is 19.3 Å². The van der Waals surface area contributed by atoms with Gasteiger partial charge >= 0.3 is 11.9 Å². The zero-order valence-electron chi connectivity index (χ0n) is 13.2. The molecule has 130 valence electrons. The molecule has 0 atom stereocenters. The van der Waals surface area contributed by atoms with Crippen LogP contribution in [0.3, 0.4) is 0 Å². The van der Waals surface area contributed by atoms with Gasteiger partial charge in [-0.05, 0) is 30.2 Å². The Morgan fingerprint density at radius 2 is 2.04 bits per heavy atom. The minimum atomic E-state index is -1.28. The Hall–Kier alpha value is -2.93. The summed E-state index contributed by atoms with van der Waals surface area (Å²) in [6.07, 6.45) is 4.54. The van der Waals surface area contributed by atoms with Crippen LogP contribution >= 0.6 is 11.6 Å². The normalized spacial score (nSPS) is 14.4. The van der Waals surface area contributed by atoms with Crippen molar-refractivity contribution in [2.24, 2.45) is 0 Å². The standard InChI is InChI=1S/C17H14ClNO6/c1-10(20)25-14-6-4-11(9-12(14)17(23)24)5-7-15(21)19-8-2-3-13(18)16(19)22/h3-7,9H,2,8H2,1H3,(H,23,24). The van der Waals surface area contributed by atoms with Crippen LogP contribution in [-0.2, 0) is 14.4 Å². The number of benzene rings is 1. The molecule has 0 saturated carbocycles. The Balaban J connectivity index is 2.20.